The molecule has 1 amide bonds. The summed E-state index contributed by atoms with van der Waals surface area (Å²) in [6, 6.07) is 11.1. The van der Waals surface area contributed by atoms with Gasteiger partial charge in [0, 0.05) is 31.3 Å². The molecular formula is C14H18N4O. The lowest BCUT2D eigenvalue weighted by molar-refractivity contribution is -0.116. The smallest absolute Gasteiger partial charge is 0.227 e. The average molecular weight is 258 g/mol. The first kappa shape index (κ1) is 13.3. The highest BCUT2D eigenvalue weighted by atomic mass is 16.1. The first-order valence-corrected chi connectivity index (χ1v) is 6.17. The van der Waals surface area contributed by atoms with E-state index in [2.05, 4.69) is 10.4 Å². The van der Waals surface area contributed by atoms with Gasteiger partial charge in [-0.1, -0.05) is 30.3 Å². The van der Waals surface area contributed by atoms with Crippen LogP contribution >= 0.6 is 0 Å². The van der Waals surface area contributed by atoms with Crippen LogP contribution in [0.15, 0.2) is 36.4 Å². The predicted octanol–water partition coefficient (Wildman–Crippen LogP) is 1.76. The molecule has 0 fully saturated rings. The Kier molecular flexibility index (Phi) is 3.97. The van der Waals surface area contributed by atoms with Crippen LogP contribution in [0, 0.1) is 6.92 Å². The van der Waals surface area contributed by atoms with E-state index in [9.17, 15) is 4.79 Å². The molecule has 0 aliphatic carbocycles. The molecule has 0 aliphatic heterocycles. The van der Waals surface area contributed by atoms with Gasteiger partial charge in [0.1, 0.15) is 0 Å². The highest BCUT2D eigenvalue weighted by Crippen LogP contribution is 2.14. The molecule has 5 nitrogen and oxygen atoms in total. The van der Waals surface area contributed by atoms with Crippen molar-refractivity contribution >= 4 is 11.7 Å². The summed E-state index contributed by atoms with van der Waals surface area (Å²) >= 11 is 0. The molecule has 2 rings (SSSR count). The summed E-state index contributed by atoms with van der Waals surface area (Å²) in [5.74, 6) is 0.430. The van der Waals surface area contributed by atoms with Crippen LogP contribution in [0.3, 0.4) is 0 Å². The van der Waals surface area contributed by atoms with E-state index in [0.717, 1.165) is 11.3 Å². The number of aryl methyl sites for hydroxylation is 2. The Morgan fingerprint density at radius 1 is 1.42 bits per heavy atom. The van der Waals surface area contributed by atoms with E-state index in [4.69, 9.17) is 5.73 Å². The van der Waals surface area contributed by atoms with Crippen molar-refractivity contribution in [2.45, 2.75) is 19.4 Å². The summed E-state index contributed by atoms with van der Waals surface area (Å²) in [5, 5.41) is 6.93. The fraction of sp³-hybridized carbons (Fsp3) is 0.286. The largest absolute Gasteiger partial charge is 0.324 e. The molecular weight excluding hydrogens is 240 g/mol. The standard InChI is InChI=1S/C14H18N4O/c1-10-8-13(17-18(10)2)16-14(19)9-12(15)11-6-4-3-5-7-11/h3-8,12H,9,15H2,1-2H3,(H,16,17,19). The lowest BCUT2D eigenvalue weighted by Gasteiger charge is -2.11. The zero-order chi connectivity index (χ0) is 13.8. The van der Waals surface area contributed by atoms with Crippen molar-refractivity contribution in [2.75, 3.05) is 5.32 Å². The Balaban J connectivity index is 1.94. The van der Waals surface area contributed by atoms with E-state index in [1.54, 1.807) is 4.68 Å². The van der Waals surface area contributed by atoms with Crippen molar-refractivity contribution in [2.24, 2.45) is 12.8 Å². The van der Waals surface area contributed by atoms with Crippen molar-refractivity contribution < 1.29 is 4.79 Å². The minimum absolute atomic E-state index is 0.130. The Hall–Kier alpha value is -2.14. The number of nitrogens with one attached hydrogen (secondary N) is 1. The number of hydrogen-bond acceptors (Lipinski definition) is 3. The molecule has 5 heteroatoms. The summed E-state index contributed by atoms with van der Waals surface area (Å²) in [6.07, 6.45) is 0.236. The number of carbonyl (C=O) groups excluding carboxylic acids is 1. The van der Waals surface area contributed by atoms with Gasteiger partial charge >= 0.3 is 0 Å². The molecule has 0 aliphatic rings. The number of carbonyl (C=O) groups is 1. The van der Waals surface area contributed by atoms with Crippen molar-refractivity contribution in [3.05, 3.63) is 47.7 Å². The van der Waals surface area contributed by atoms with E-state index in [1.807, 2.05) is 50.4 Å². The fourth-order valence-corrected chi connectivity index (χ4v) is 1.83. The van der Waals surface area contributed by atoms with Gasteiger partial charge < -0.3 is 11.1 Å². The van der Waals surface area contributed by atoms with Crippen LogP contribution < -0.4 is 11.1 Å². The van der Waals surface area contributed by atoms with Crippen molar-refractivity contribution in [3.8, 4) is 0 Å². The second kappa shape index (κ2) is 5.67. The highest BCUT2D eigenvalue weighted by molar-refractivity contribution is 5.90. The summed E-state index contributed by atoms with van der Waals surface area (Å²) in [7, 11) is 1.83. The summed E-state index contributed by atoms with van der Waals surface area (Å²) in [6.45, 7) is 1.93. The first-order valence-electron chi connectivity index (χ1n) is 6.17. The van der Waals surface area contributed by atoms with E-state index < -0.39 is 0 Å². The Morgan fingerprint density at radius 2 is 2.11 bits per heavy atom. The van der Waals surface area contributed by atoms with Crippen LogP contribution in [0.25, 0.3) is 0 Å². The van der Waals surface area contributed by atoms with Crippen LogP contribution in [-0.4, -0.2) is 15.7 Å². The number of amides is 1. The van der Waals surface area contributed by atoms with Crippen molar-refractivity contribution in [1.29, 1.82) is 0 Å². The second-order valence-corrected chi connectivity index (χ2v) is 4.56. The third-order valence-electron chi connectivity index (χ3n) is 3.01. The maximum absolute atomic E-state index is 11.9. The van der Waals surface area contributed by atoms with Gasteiger partial charge in [0.05, 0.1) is 0 Å². The van der Waals surface area contributed by atoms with Crippen LogP contribution in [0.2, 0.25) is 0 Å². The van der Waals surface area contributed by atoms with Gasteiger partial charge in [0.15, 0.2) is 5.82 Å². The zero-order valence-electron chi connectivity index (χ0n) is 11.1. The molecule has 1 atom stereocenters. The summed E-state index contributed by atoms with van der Waals surface area (Å²) in [4.78, 5) is 11.9. The van der Waals surface area contributed by atoms with E-state index in [1.165, 1.54) is 0 Å². The topological polar surface area (TPSA) is 72.9 Å². The van der Waals surface area contributed by atoms with E-state index in [-0.39, 0.29) is 18.4 Å². The minimum atomic E-state index is -0.300. The van der Waals surface area contributed by atoms with Gasteiger partial charge in [0.25, 0.3) is 0 Å². The molecule has 3 N–H and O–H groups in total. The monoisotopic (exact) mass is 258 g/mol. The molecule has 19 heavy (non-hydrogen) atoms. The second-order valence-electron chi connectivity index (χ2n) is 4.56. The molecule has 0 radical (unpaired) electrons. The molecule has 100 valence electrons. The number of rotatable bonds is 4. The Labute approximate surface area is 112 Å². The number of nitrogens with zero attached hydrogens (tertiary/aromatic N) is 2. The first-order chi connectivity index (χ1) is 9.06. The lowest BCUT2D eigenvalue weighted by Crippen LogP contribution is -2.20. The van der Waals surface area contributed by atoms with Crippen molar-refractivity contribution in [3.63, 3.8) is 0 Å². The summed E-state index contributed by atoms with van der Waals surface area (Å²) in [5.41, 5.74) is 7.94. The molecule has 0 saturated carbocycles. The molecule has 1 heterocycles. The quantitative estimate of drug-likeness (QED) is 0.877. The molecule has 2 aromatic rings. The Morgan fingerprint density at radius 3 is 2.68 bits per heavy atom. The van der Waals surface area contributed by atoms with Crippen LogP contribution in [0.5, 0.6) is 0 Å². The molecule has 1 aromatic heterocycles. The minimum Gasteiger partial charge on any atom is -0.324 e. The fourth-order valence-electron chi connectivity index (χ4n) is 1.83. The van der Waals surface area contributed by atoms with Gasteiger partial charge in [-0.25, -0.2) is 0 Å². The van der Waals surface area contributed by atoms with Crippen LogP contribution in [0.1, 0.15) is 23.7 Å². The molecule has 0 spiro atoms. The highest BCUT2D eigenvalue weighted by Gasteiger charge is 2.12. The van der Waals surface area contributed by atoms with Gasteiger partial charge in [0.2, 0.25) is 5.91 Å². The van der Waals surface area contributed by atoms with E-state index in [0.29, 0.717) is 5.82 Å². The average Bonchev–Trinajstić information content (AvgIpc) is 2.69. The number of benzene rings is 1. The van der Waals surface area contributed by atoms with Gasteiger partial charge in [-0.3, -0.25) is 9.48 Å². The zero-order valence-corrected chi connectivity index (χ0v) is 11.1. The van der Waals surface area contributed by atoms with Gasteiger partial charge in [-0.05, 0) is 12.5 Å². The molecule has 0 bridgehead atoms. The van der Waals surface area contributed by atoms with Crippen LogP contribution in [-0.2, 0) is 11.8 Å². The van der Waals surface area contributed by atoms with Crippen molar-refractivity contribution in [1.82, 2.24) is 9.78 Å². The van der Waals surface area contributed by atoms with Gasteiger partial charge in [-0.2, -0.15) is 5.10 Å². The Bertz CT molecular complexity index is 543. The number of anilines is 1. The lowest BCUT2D eigenvalue weighted by atomic mass is 10.0. The summed E-state index contributed by atoms with van der Waals surface area (Å²) < 4.78 is 1.72. The maximum atomic E-state index is 11.9. The third-order valence-corrected chi connectivity index (χ3v) is 3.01. The molecule has 0 saturated heterocycles. The molecule has 1 aromatic carbocycles. The van der Waals surface area contributed by atoms with Gasteiger partial charge in [-0.15, -0.1) is 0 Å². The number of hydrogen-bond donors (Lipinski definition) is 2. The normalized spacial score (nSPS) is 12.2. The predicted molar refractivity (Wildman–Crippen MR) is 74.6 cm³/mol. The molecule has 1 unspecified atom stereocenters. The number of nitrogens with two attached hydrogens (primary N) is 1. The SMILES string of the molecule is Cc1cc(NC(=O)CC(N)c2ccccc2)nn1C. The van der Waals surface area contributed by atoms with E-state index >= 15 is 0 Å². The maximum Gasteiger partial charge on any atom is 0.227 e. The third kappa shape index (κ3) is 3.42. The number of aromatic nitrogens is 2. The van der Waals surface area contributed by atoms with Crippen LogP contribution in [0.4, 0.5) is 5.82 Å².